The fraction of sp³-hybridized carbons (Fsp3) is 0.517. The van der Waals surface area contributed by atoms with Crippen molar-refractivity contribution in [1.82, 2.24) is 8.61 Å². The van der Waals surface area contributed by atoms with Crippen molar-refractivity contribution < 1.29 is 54.8 Å². The van der Waals surface area contributed by atoms with E-state index in [0.717, 1.165) is 12.8 Å². The van der Waals surface area contributed by atoms with Crippen LogP contribution in [-0.2, 0) is 44.2 Å². The molecular weight excluding hydrogens is 722 g/mol. The zero-order valence-corrected chi connectivity index (χ0v) is 30.7. The SMILES string of the molecule is CC1CC(C)CN(S(=O)(=O)Cc2ccc3c(c2)/C(=N\OP(=O)(O)O)c2cc(S(=O)(=O)N4CC(C)CC(C)C4)ccc2/C3=N\OP(=O)(O)O)C1. The van der Waals surface area contributed by atoms with Crippen LogP contribution in [0.5, 0.6) is 0 Å². The first-order valence-electron chi connectivity index (χ1n) is 15.5. The molecule has 0 aromatic heterocycles. The summed E-state index contributed by atoms with van der Waals surface area (Å²) in [4.78, 5) is 37.7. The van der Waals surface area contributed by atoms with Crippen molar-refractivity contribution in [3.63, 3.8) is 0 Å². The van der Waals surface area contributed by atoms with E-state index in [1.165, 1.54) is 45.0 Å². The first-order valence-corrected chi connectivity index (χ1v) is 21.6. The summed E-state index contributed by atoms with van der Waals surface area (Å²) in [6.07, 6.45) is 1.73. The Balaban J connectivity index is 1.67. The first kappa shape index (κ1) is 37.7. The zero-order chi connectivity index (χ0) is 36.1. The number of benzene rings is 2. The van der Waals surface area contributed by atoms with Gasteiger partial charge in [-0.2, -0.15) is 4.31 Å². The molecule has 0 spiro atoms. The van der Waals surface area contributed by atoms with Gasteiger partial charge in [-0.25, -0.2) is 30.3 Å². The Morgan fingerprint density at radius 3 is 1.59 bits per heavy atom. The minimum absolute atomic E-state index is 0.00291. The van der Waals surface area contributed by atoms with E-state index in [1.54, 1.807) is 0 Å². The van der Waals surface area contributed by atoms with E-state index in [4.69, 9.17) is 0 Å². The van der Waals surface area contributed by atoms with Crippen molar-refractivity contribution in [3.05, 3.63) is 64.2 Å². The van der Waals surface area contributed by atoms with Gasteiger partial charge in [-0.15, -0.1) is 0 Å². The van der Waals surface area contributed by atoms with Gasteiger partial charge in [0.15, 0.2) is 0 Å². The van der Waals surface area contributed by atoms with Gasteiger partial charge >= 0.3 is 15.6 Å². The van der Waals surface area contributed by atoms with Crippen LogP contribution in [0.1, 0.15) is 68.4 Å². The summed E-state index contributed by atoms with van der Waals surface area (Å²) in [6.45, 7) is 9.06. The van der Waals surface area contributed by atoms with Crippen LogP contribution in [0.2, 0.25) is 0 Å². The van der Waals surface area contributed by atoms with Gasteiger partial charge in [0.2, 0.25) is 20.0 Å². The van der Waals surface area contributed by atoms with Crippen molar-refractivity contribution >= 4 is 47.1 Å². The smallest absolute Gasteiger partial charge is 0.292 e. The van der Waals surface area contributed by atoms with Gasteiger partial charge in [0.25, 0.3) is 0 Å². The summed E-state index contributed by atoms with van der Waals surface area (Å²) in [6, 6.07) is 8.03. The molecule has 2 fully saturated rings. The van der Waals surface area contributed by atoms with Crippen LogP contribution in [0, 0.1) is 23.7 Å². The quantitative estimate of drug-likeness (QED) is 0.182. The lowest BCUT2D eigenvalue weighted by atomic mass is 9.82. The monoisotopic (exact) mass is 762 g/mol. The van der Waals surface area contributed by atoms with Gasteiger partial charge in [0, 0.05) is 48.4 Å². The molecule has 0 radical (unpaired) electrons. The summed E-state index contributed by atoms with van der Waals surface area (Å²) < 4.78 is 90.1. The molecule has 3 aliphatic rings. The molecule has 4 unspecified atom stereocenters. The van der Waals surface area contributed by atoms with E-state index >= 15 is 0 Å². The Morgan fingerprint density at radius 1 is 0.673 bits per heavy atom. The summed E-state index contributed by atoms with van der Waals surface area (Å²) >= 11 is 0. The molecule has 4 atom stereocenters. The van der Waals surface area contributed by atoms with E-state index in [1.807, 2.05) is 27.7 Å². The molecule has 2 aromatic rings. The molecule has 0 bridgehead atoms. The second kappa shape index (κ2) is 13.9. The van der Waals surface area contributed by atoms with Crippen molar-refractivity contribution in [1.29, 1.82) is 0 Å². The minimum atomic E-state index is -5.24. The molecule has 49 heavy (non-hydrogen) atoms. The minimum Gasteiger partial charge on any atom is -0.292 e. The zero-order valence-electron chi connectivity index (χ0n) is 27.3. The molecule has 1 aliphatic carbocycles. The molecule has 2 heterocycles. The predicted octanol–water partition coefficient (Wildman–Crippen LogP) is 3.20. The van der Waals surface area contributed by atoms with Crippen LogP contribution in [0.15, 0.2) is 51.6 Å². The summed E-state index contributed by atoms with van der Waals surface area (Å²) in [5, 5.41) is 7.42. The van der Waals surface area contributed by atoms with Crippen LogP contribution in [0.25, 0.3) is 0 Å². The highest BCUT2D eigenvalue weighted by atomic mass is 32.2. The molecule has 2 aromatic carbocycles. The maximum absolute atomic E-state index is 13.9. The highest BCUT2D eigenvalue weighted by Crippen LogP contribution is 2.41. The van der Waals surface area contributed by atoms with Gasteiger partial charge in [0.05, 0.1) is 10.6 Å². The number of hydrogen-bond donors (Lipinski definition) is 4. The second-order valence-electron chi connectivity index (χ2n) is 13.4. The molecule has 270 valence electrons. The highest BCUT2D eigenvalue weighted by Gasteiger charge is 2.36. The number of oxime groups is 2. The Morgan fingerprint density at radius 2 is 1.10 bits per heavy atom. The van der Waals surface area contributed by atoms with E-state index in [-0.39, 0.29) is 80.9 Å². The number of sulfonamides is 2. The first-order chi connectivity index (χ1) is 22.6. The Kier molecular flexibility index (Phi) is 10.7. The van der Waals surface area contributed by atoms with Crippen molar-refractivity contribution in [3.8, 4) is 0 Å². The Labute approximate surface area is 285 Å². The number of phosphoric acid groups is 2. The number of rotatable bonds is 9. The molecule has 4 N–H and O–H groups in total. The summed E-state index contributed by atoms with van der Waals surface area (Å²) in [5.41, 5.74) is -0.160. The van der Waals surface area contributed by atoms with E-state index < -0.39 is 41.4 Å². The average molecular weight is 763 g/mol. The van der Waals surface area contributed by atoms with Crippen molar-refractivity contribution in [2.45, 2.75) is 51.2 Å². The van der Waals surface area contributed by atoms with Crippen LogP contribution in [-0.4, -0.2) is 82.6 Å². The van der Waals surface area contributed by atoms with Crippen molar-refractivity contribution in [2.24, 2.45) is 34.0 Å². The molecule has 2 saturated heterocycles. The molecule has 0 saturated carbocycles. The average Bonchev–Trinajstić information content (AvgIpc) is 2.96. The lowest BCUT2D eigenvalue weighted by Crippen LogP contribution is -2.43. The third-order valence-corrected chi connectivity index (χ3v) is 12.8. The molecule has 20 heteroatoms. The third kappa shape index (κ3) is 8.87. The highest BCUT2D eigenvalue weighted by molar-refractivity contribution is 7.89. The van der Waals surface area contributed by atoms with Gasteiger partial charge in [-0.3, -0.25) is 28.8 Å². The van der Waals surface area contributed by atoms with E-state index in [2.05, 4.69) is 19.6 Å². The van der Waals surface area contributed by atoms with Crippen LogP contribution >= 0.6 is 15.6 Å². The maximum atomic E-state index is 13.9. The molecule has 0 amide bonds. The van der Waals surface area contributed by atoms with Gasteiger partial charge in [-0.05, 0) is 60.3 Å². The fourth-order valence-corrected chi connectivity index (χ4v) is 10.8. The second-order valence-corrected chi connectivity index (χ2v) is 19.6. The molecule has 16 nitrogen and oxygen atoms in total. The Bertz CT molecular complexity index is 1970. The van der Waals surface area contributed by atoms with E-state index in [0.29, 0.717) is 13.1 Å². The number of piperidine rings is 2. The van der Waals surface area contributed by atoms with Crippen molar-refractivity contribution in [2.75, 3.05) is 26.2 Å². The predicted molar refractivity (Wildman–Crippen MR) is 179 cm³/mol. The number of nitrogens with zero attached hydrogens (tertiary/aromatic N) is 4. The van der Waals surface area contributed by atoms with Crippen LogP contribution < -0.4 is 0 Å². The standard InChI is InChI=1S/C29H40N4O12P2S2/c1-18-9-19(2)14-32(13-18)48(40,41)17-22-5-7-24-26(11-22)29(31-45-47(37,38)39)27-12-23(6-8-25(27)28(24)30-44-46(34,35)36)49(42,43)33-15-20(3)10-21(4)16-33/h5-8,11-12,18-21H,9-10,13-17H2,1-4H3,(H2,34,35,36)(H2,37,38,39)/b30-28-,31-29+. The summed E-state index contributed by atoms with van der Waals surface area (Å²) in [7, 11) is -18.4. The van der Waals surface area contributed by atoms with Gasteiger partial charge in [-0.1, -0.05) is 56.2 Å². The van der Waals surface area contributed by atoms with Crippen LogP contribution in [0.4, 0.5) is 0 Å². The molecule has 2 aliphatic heterocycles. The fourth-order valence-electron chi connectivity index (χ4n) is 6.93. The normalized spacial score (nSPS) is 26.0. The lowest BCUT2D eigenvalue weighted by Gasteiger charge is -2.34. The Hall–Kier alpha value is -2.50. The third-order valence-electron chi connectivity index (χ3n) is 8.62. The largest absolute Gasteiger partial charge is 0.545 e. The van der Waals surface area contributed by atoms with E-state index in [9.17, 15) is 45.5 Å². The van der Waals surface area contributed by atoms with Gasteiger partial charge in [0.1, 0.15) is 11.4 Å². The number of hydrogen-bond acceptors (Lipinski definition) is 10. The maximum Gasteiger partial charge on any atom is 0.545 e. The topological polar surface area (TPSA) is 233 Å². The summed E-state index contributed by atoms with van der Waals surface area (Å²) in [5.74, 6) is 0.0241. The number of fused-ring (bicyclic) bond motifs is 2. The lowest BCUT2D eigenvalue weighted by molar-refractivity contribution is 0.203. The van der Waals surface area contributed by atoms with Gasteiger partial charge < -0.3 is 0 Å². The molecule has 5 rings (SSSR count). The van der Waals surface area contributed by atoms with Crippen LogP contribution in [0.3, 0.4) is 0 Å². The molecular formula is C29H40N4O12P2S2.